The van der Waals surface area contributed by atoms with Crippen LogP contribution in [0.5, 0.6) is 0 Å². The van der Waals surface area contributed by atoms with E-state index in [9.17, 15) is 0 Å². The van der Waals surface area contributed by atoms with Crippen molar-refractivity contribution in [1.82, 2.24) is 0 Å². The van der Waals surface area contributed by atoms with E-state index in [0.29, 0.717) is 0 Å². The van der Waals surface area contributed by atoms with Crippen molar-refractivity contribution in [2.75, 3.05) is 0 Å². The van der Waals surface area contributed by atoms with Gasteiger partial charge in [-0.15, -0.1) is 46.2 Å². The first kappa shape index (κ1) is 20.4. The quantitative estimate of drug-likeness (QED) is 0.358. The van der Waals surface area contributed by atoms with Crippen molar-refractivity contribution >= 4 is 26.4 Å². The molecule has 0 heterocycles. The van der Waals surface area contributed by atoms with Crippen molar-refractivity contribution in [2.24, 2.45) is 0 Å². The zero-order chi connectivity index (χ0) is 14.2. The van der Waals surface area contributed by atoms with Crippen molar-refractivity contribution in [3.8, 4) is 0 Å². The molecule has 0 nitrogen and oxygen atoms in total. The van der Waals surface area contributed by atoms with Crippen LogP contribution in [0, 0.1) is 20.9 Å². The fourth-order valence-electron chi connectivity index (χ4n) is 2.24. The first-order valence-electron chi connectivity index (χ1n) is 6.55. The minimum absolute atomic E-state index is 0. The number of hydrogen-bond donors (Lipinski definition) is 0. The Morgan fingerprint density at radius 3 is 1.73 bits per heavy atom. The topological polar surface area (TPSA) is 0 Å². The zero-order valence-corrected chi connectivity index (χ0v) is 14.9. The van der Waals surface area contributed by atoms with Crippen LogP contribution in [-0.4, -0.2) is 4.82 Å². The average molecular weight is 322 g/mol. The fraction of sp³-hybridized carbons (Fsp3) is 0.0476. The van der Waals surface area contributed by atoms with Crippen LogP contribution in [0.15, 0.2) is 72.8 Å². The van der Waals surface area contributed by atoms with Gasteiger partial charge < -0.3 is 14.9 Å². The van der Waals surface area contributed by atoms with Crippen molar-refractivity contribution in [1.29, 1.82) is 0 Å². The predicted octanol–water partition coefficient (Wildman–Crippen LogP) is 5.88. The second kappa shape index (κ2) is 11.0. The summed E-state index contributed by atoms with van der Waals surface area (Å²) in [6, 6.07) is 19.3. The predicted molar refractivity (Wildman–Crippen MR) is 98.6 cm³/mol. The summed E-state index contributed by atoms with van der Waals surface area (Å²) in [7, 11) is 0. The van der Waals surface area contributed by atoms with Crippen LogP contribution in [0.2, 0.25) is 0 Å². The first-order chi connectivity index (χ1) is 9.95. The van der Waals surface area contributed by atoms with Gasteiger partial charge in [0.05, 0.1) is 0 Å². The molecule has 0 aliphatic heterocycles. The summed E-state index contributed by atoms with van der Waals surface area (Å²) >= 11 is 1.75. The molecule has 0 unspecified atom stereocenters. The SMILES string of the molecule is [C-]1=CC=CC1.[CH2]=[Ti].[CH3-].[CH3-].c1ccc2c(c1)[cH-]c1ccccc12. The molecule has 4 rings (SSSR count). The van der Waals surface area contributed by atoms with Crippen LogP contribution in [-0.2, 0) is 20.0 Å². The third-order valence-electron chi connectivity index (χ3n) is 3.11. The van der Waals surface area contributed by atoms with E-state index in [2.05, 4.69) is 71.6 Å². The Bertz CT molecular complexity index is 671. The number of fused-ring (bicyclic) bond motifs is 3. The van der Waals surface area contributed by atoms with Crippen molar-refractivity contribution in [3.05, 3.63) is 93.8 Å². The maximum atomic E-state index is 3.25. The van der Waals surface area contributed by atoms with E-state index >= 15 is 0 Å². The van der Waals surface area contributed by atoms with E-state index < -0.39 is 0 Å². The summed E-state index contributed by atoms with van der Waals surface area (Å²) in [5, 5.41) is 5.39. The van der Waals surface area contributed by atoms with Crippen molar-refractivity contribution in [2.45, 2.75) is 6.42 Å². The van der Waals surface area contributed by atoms with Gasteiger partial charge in [0.1, 0.15) is 0 Å². The van der Waals surface area contributed by atoms with Crippen LogP contribution < -0.4 is 0 Å². The fourth-order valence-corrected chi connectivity index (χ4v) is 2.24. The maximum Gasteiger partial charge on any atom is -0.0771 e. The summed E-state index contributed by atoms with van der Waals surface area (Å²) in [5.74, 6) is 0. The Morgan fingerprint density at radius 2 is 1.36 bits per heavy atom. The Hall–Kier alpha value is -1.63. The minimum Gasteiger partial charge on any atom is -0.358 e. The summed E-state index contributed by atoms with van der Waals surface area (Å²) in [6.45, 7) is 0. The summed E-state index contributed by atoms with van der Waals surface area (Å²) < 4.78 is 0. The molecule has 114 valence electrons. The Balaban J connectivity index is 0.000000422. The average Bonchev–Trinajstić information content (AvgIpc) is 3.20. The smallest absolute Gasteiger partial charge is 0.0771 e. The molecule has 0 fully saturated rings. The normalized spacial score (nSPS) is 10.7. The molecular formula is C21H22Ti-4. The zero-order valence-electron chi connectivity index (χ0n) is 13.3. The van der Waals surface area contributed by atoms with E-state index in [1.807, 2.05) is 12.2 Å². The van der Waals surface area contributed by atoms with Crippen LogP contribution in [0.3, 0.4) is 0 Å². The number of allylic oxidation sites excluding steroid dienone is 4. The molecule has 1 heteroatoms. The van der Waals surface area contributed by atoms with Gasteiger partial charge in [-0.2, -0.15) is 6.08 Å². The van der Waals surface area contributed by atoms with Crippen LogP contribution >= 0.6 is 0 Å². The minimum atomic E-state index is 0. The van der Waals surface area contributed by atoms with Gasteiger partial charge in [0, 0.05) is 0 Å². The molecule has 0 radical (unpaired) electrons. The maximum absolute atomic E-state index is 3.25. The first-order valence-corrected chi connectivity index (χ1v) is 7.66. The molecule has 3 aromatic carbocycles. The standard InChI is InChI=1S/C13H9.C5H5.2CH3.CH2.Ti/c1-3-7-12-10(5-1)9-11-6-2-4-8-13(11)12;1-2-4-5-3-1;;;;/h1-9H;1-3H,4H2;2*1H3;1H2;/q4*-1;;. The van der Waals surface area contributed by atoms with E-state index in [4.69, 9.17) is 0 Å². The third-order valence-corrected chi connectivity index (χ3v) is 3.11. The number of benzene rings is 2. The molecule has 0 spiro atoms. The third kappa shape index (κ3) is 4.98. The molecule has 3 aromatic rings. The molecule has 0 bridgehead atoms. The van der Waals surface area contributed by atoms with Gasteiger partial charge in [-0.1, -0.05) is 36.4 Å². The molecule has 0 N–H and O–H groups in total. The van der Waals surface area contributed by atoms with Gasteiger partial charge in [-0.25, -0.2) is 12.2 Å². The van der Waals surface area contributed by atoms with Crippen LogP contribution in [0.4, 0.5) is 0 Å². The molecule has 0 atom stereocenters. The Kier molecular flexibility index (Phi) is 10.2. The van der Waals surface area contributed by atoms with E-state index in [1.54, 1.807) is 20.0 Å². The van der Waals surface area contributed by atoms with E-state index in [0.717, 1.165) is 6.42 Å². The molecule has 0 saturated heterocycles. The summed E-state index contributed by atoms with van der Waals surface area (Å²) in [4.78, 5) is 3.25. The van der Waals surface area contributed by atoms with Gasteiger partial charge in [-0.3, -0.25) is 6.08 Å². The second-order valence-corrected chi connectivity index (χ2v) is 4.32. The van der Waals surface area contributed by atoms with Gasteiger partial charge in [0.2, 0.25) is 0 Å². The van der Waals surface area contributed by atoms with E-state index in [-0.39, 0.29) is 14.9 Å². The van der Waals surface area contributed by atoms with Crippen LogP contribution in [0.25, 0.3) is 21.5 Å². The molecule has 0 amide bonds. The Morgan fingerprint density at radius 1 is 0.864 bits per heavy atom. The molecule has 0 saturated carbocycles. The molecule has 0 aromatic heterocycles. The molecule has 1 aliphatic rings. The summed E-state index contributed by atoms with van der Waals surface area (Å²) in [6.07, 6.45) is 10.0. The Labute approximate surface area is 146 Å². The van der Waals surface area contributed by atoms with Gasteiger partial charge in [0.15, 0.2) is 0 Å². The monoisotopic (exact) mass is 322 g/mol. The van der Waals surface area contributed by atoms with Gasteiger partial charge in [0.25, 0.3) is 0 Å². The molecule has 1 aliphatic carbocycles. The summed E-state index contributed by atoms with van der Waals surface area (Å²) in [5.41, 5.74) is 0. The number of hydrogen-bond acceptors (Lipinski definition) is 0. The van der Waals surface area contributed by atoms with E-state index in [1.165, 1.54) is 21.5 Å². The van der Waals surface area contributed by atoms with Gasteiger partial charge >= 0.3 is 24.8 Å². The molecular weight excluding hydrogens is 300 g/mol. The second-order valence-electron chi connectivity index (χ2n) is 4.32. The van der Waals surface area contributed by atoms with Crippen LogP contribution in [0.1, 0.15) is 6.42 Å². The number of rotatable bonds is 0. The largest absolute Gasteiger partial charge is 0.358 e. The van der Waals surface area contributed by atoms with Crippen molar-refractivity contribution < 1.29 is 20.0 Å². The van der Waals surface area contributed by atoms with Gasteiger partial charge in [-0.05, 0) is 0 Å². The molecule has 22 heavy (non-hydrogen) atoms. The van der Waals surface area contributed by atoms with Crippen molar-refractivity contribution in [3.63, 3.8) is 0 Å².